The van der Waals surface area contributed by atoms with Gasteiger partial charge < -0.3 is 30.3 Å². The van der Waals surface area contributed by atoms with Crippen LogP contribution in [0.5, 0.6) is 0 Å². The summed E-state index contributed by atoms with van der Waals surface area (Å²) in [6.07, 6.45) is 7.85. The number of nitrogens with one attached hydrogen (secondary N) is 1. The lowest BCUT2D eigenvalue weighted by atomic mass is 9.86. The fourth-order valence-corrected chi connectivity index (χ4v) is 8.28. The molecule has 286 valence electrons. The molecule has 6 rings (SSSR count). The topological polar surface area (TPSA) is 173 Å². The lowest BCUT2D eigenvalue weighted by Crippen LogP contribution is -2.35. The molecule has 6 aliphatic rings. The first-order valence-electron chi connectivity index (χ1n) is 19.0. The highest BCUT2D eigenvalue weighted by Gasteiger charge is 2.41. The number of rotatable bonds is 14. The fourth-order valence-electron chi connectivity index (χ4n) is 8.28. The van der Waals surface area contributed by atoms with E-state index in [9.17, 15) is 29.7 Å². The van der Waals surface area contributed by atoms with E-state index < -0.39 is 11.9 Å². The predicted octanol–water partition coefficient (Wildman–Crippen LogP) is 7.03. The molecule has 4 N–H and O–H groups in total. The third kappa shape index (κ3) is 7.36. The van der Waals surface area contributed by atoms with Crippen molar-refractivity contribution in [1.29, 1.82) is 0 Å². The van der Waals surface area contributed by atoms with Crippen molar-refractivity contribution >= 4 is 35.0 Å². The van der Waals surface area contributed by atoms with Crippen molar-refractivity contribution in [2.45, 2.75) is 99.5 Å². The van der Waals surface area contributed by atoms with E-state index in [1.54, 1.807) is 0 Å². The molecule has 0 aromatic heterocycles. The molecule has 8 bridgehead atoms. The quantitative estimate of drug-likeness (QED) is 0.147. The van der Waals surface area contributed by atoms with E-state index in [1.807, 2.05) is 13.0 Å². The van der Waals surface area contributed by atoms with Crippen molar-refractivity contribution in [3.63, 3.8) is 0 Å². The van der Waals surface area contributed by atoms with E-state index in [0.29, 0.717) is 18.7 Å². The Morgan fingerprint density at radius 1 is 0.926 bits per heavy atom. The van der Waals surface area contributed by atoms with E-state index >= 15 is 0 Å². The molecule has 12 heteroatoms. The van der Waals surface area contributed by atoms with Crippen molar-refractivity contribution in [3.05, 3.63) is 91.5 Å². The number of carboxylic acid groups (broad SMARTS) is 2. The molecule has 0 aromatic rings. The molecule has 0 saturated carbocycles. The standard InChI is InChI=1S/C42H51N5O7/c1-8-16-54-25(7)39-23(5)31-18-30-22(4)27(10-11-36(49)47(14-12-37(50)51)15-13-38(52)53)41(45-30)28-17-35(48)40-24(6)32(46-42(28)40)19-33-26(9-2)21(3)29(43-33)20-34(39)44-31/h18-20,22,25,27,45,48H,8-17H2,1-7H3,(H,50,51)(H,52,53)/t22-,25?,27-/m0/s1. The number of aliphatic carboxylic acids is 2. The highest BCUT2D eigenvalue weighted by molar-refractivity contribution is 6.21. The third-order valence-corrected chi connectivity index (χ3v) is 11.3. The summed E-state index contributed by atoms with van der Waals surface area (Å²) in [7, 11) is 0. The number of aliphatic hydroxyl groups is 1. The highest BCUT2D eigenvalue weighted by Crippen LogP contribution is 2.46. The lowest BCUT2D eigenvalue weighted by Gasteiger charge is -2.23. The van der Waals surface area contributed by atoms with Gasteiger partial charge in [-0.15, -0.1) is 0 Å². The molecule has 1 fully saturated rings. The Morgan fingerprint density at radius 3 is 2.24 bits per heavy atom. The van der Waals surface area contributed by atoms with Gasteiger partial charge in [0.2, 0.25) is 5.91 Å². The van der Waals surface area contributed by atoms with Gasteiger partial charge in [-0.3, -0.25) is 14.4 Å². The predicted molar refractivity (Wildman–Crippen MR) is 208 cm³/mol. The molecule has 1 saturated heterocycles. The lowest BCUT2D eigenvalue weighted by molar-refractivity contribution is -0.139. The van der Waals surface area contributed by atoms with Crippen LogP contribution in [0.3, 0.4) is 0 Å². The van der Waals surface area contributed by atoms with E-state index in [4.69, 9.17) is 19.7 Å². The summed E-state index contributed by atoms with van der Waals surface area (Å²) in [4.78, 5) is 53.1. The zero-order valence-corrected chi connectivity index (χ0v) is 32.3. The molecule has 1 amide bonds. The molecule has 1 unspecified atom stereocenters. The normalized spacial score (nSPS) is 22.4. The fraction of sp³-hybridized carbons (Fsp3) is 0.476. The monoisotopic (exact) mass is 737 g/mol. The number of fused-ring (bicyclic) bond motifs is 5. The number of carbonyl (C=O) groups excluding carboxylic acids is 1. The molecule has 0 aromatic carbocycles. The number of amides is 1. The van der Waals surface area contributed by atoms with Crippen LogP contribution in [0.2, 0.25) is 0 Å². The van der Waals surface area contributed by atoms with Gasteiger partial charge in [0.05, 0.1) is 53.2 Å². The van der Waals surface area contributed by atoms with E-state index in [2.05, 4.69) is 59.0 Å². The molecule has 0 spiro atoms. The van der Waals surface area contributed by atoms with Gasteiger partial charge in [-0.1, -0.05) is 20.8 Å². The minimum atomic E-state index is -1.06. The summed E-state index contributed by atoms with van der Waals surface area (Å²) >= 11 is 0. The Labute approximate surface area is 316 Å². The van der Waals surface area contributed by atoms with Crippen molar-refractivity contribution in [3.8, 4) is 0 Å². The number of hydrogen-bond acceptors (Lipinski definition) is 9. The molecule has 0 radical (unpaired) electrons. The number of aliphatic imine (C=N–C) groups is 3. The number of carbonyl (C=O) groups is 3. The van der Waals surface area contributed by atoms with Crippen LogP contribution >= 0.6 is 0 Å². The van der Waals surface area contributed by atoms with Crippen molar-refractivity contribution < 1.29 is 34.4 Å². The second kappa shape index (κ2) is 15.7. The van der Waals surface area contributed by atoms with Crippen molar-refractivity contribution in [2.24, 2.45) is 26.8 Å². The maximum atomic E-state index is 13.6. The Bertz CT molecular complexity index is 2030. The van der Waals surface area contributed by atoms with Crippen LogP contribution in [0.1, 0.15) is 93.4 Å². The molecule has 3 atom stereocenters. The maximum absolute atomic E-state index is 13.6. The molecule has 1 aliphatic carbocycles. The second-order valence-corrected chi connectivity index (χ2v) is 14.8. The summed E-state index contributed by atoms with van der Waals surface area (Å²) in [5, 5.41) is 33.7. The van der Waals surface area contributed by atoms with Crippen LogP contribution in [0.25, 0.3) is 0 Å². The van der Waals surface area contributed by atoms with Crippen LogP contribution in [0.4, 0.5) is 0 Å². The second-order valence-electron chi connectivity index (χ2n) is 14.8. The minimum Gasteiger partial charge on any atom is -0.511 e. The zero-order chi connectivity index (χ0) is 39.0. The number of carboxylic acids is 2. The van der Waals surface area contributed by atoms with Crippen LogP contribution in [0.15, 0.2) is 106 Å². The molecular weight excluding hydrogens is 686 g/mol. The van der Waals surface area contributed by atoms with Gasteiger partial charge >= 0.3 is 11.9 Å². The third-order valence-electron chi connectivity index (χ3n) is 11.3. The maximum Gasteiger partial charge on any atom is 0.305 e. The molecule has 5 heterocycles. The Morgan fingerprint density at radius 2 is 1.59 bits per heavy atom. The number of allylic oxidation sites excluding steroid dienone is 11. The van der Waals surface area contributed by atoms with Gasteiger partial charge in [0.1, 0.15) is 5.76 Å². The van der Waals surface area contributed by atoms with Gasteiger partial charge in [-0.2, -0.15) is 0 Å². The van der Waals surface area contributed by atoms with Gasteiger partial charge in [-0.25, -0.2) is 15.0 Å². The summed E-state index contributed by atoms with van der Waals surface area (Å²) in [5.74, 6) is -2.45. The molecular formula is C42H51N5O7. The van der Waals surface area contributed by atoms with Gasteiger partial charge in [0.15, 0.2) is 0 Å². The zero-order valence-electron chi connectivity index (χ0n) is 32.3. The average molecular weight is 738 g/mol. The van der Waals surface area contributed by atoms with Crippen LogP contribution in [-0.4, -0.2) is 81.0 Å². The molecule has 12 nitrogen and oxygen atoms in total. The number of nitrogens with zero attached hydrogens (tertiary/aromatic N) is 4. The van der Waals surface area contributed by atoms with Gasteiger partial charge in [0, 0.05) is 72.5 Å². The van der Waals surface area contributed by atoms with Crippen molar-refractivity contribution in [2.75, 3.05) is 19.7 Å². The largest absolute Gasteiger partial charge is 0.511 e. The summed E-state index contributed by atoms with van der Waals surface area (Å²) in [5.41, 5.74) is 13.2. The first-order valence-corrected chi connectivity index (χ1v) is 19.0. The molecule has 54 heavy (non-hydrogen) atoms. The average Bonchev–Trinajstić information content (AvgIpc) is 3.88. The van der Waals surface area contributed by atoms with Crippen LogP contribution in [0, 0.1) is 11.8 Å². The summed E-state index contributed by atoms with van der Waals surface area (Å²) in [6, 6.07) is 0. The Hall–Kier alpha value is -5.10. The van der Waals surface area contributed by atoms with E-state index in [-0.39, 0.29) is 68.4 Å². The first-order chi connectivity index (χ1) is 25.7. The minimum absolute atomic E-state index is 0.0654. The Balaban J connectivity index is 1.47. The Kier molecular flexibility index (Phi) is 11.2. The first kappa shape index (κ1) is 38.6. The summed E-state index contributed by atoms with van der Waals surface area (Å²) < 4.78 is 6.26. The van der Waals surface area contributed by atoms with Crippen LogP contribution < -0.4 is 5.32 Å². The number of ether oxygens (including phenoxy) is 1. The SMILES string of the molecule is CCCOC(C)C1=C(C)C2=NC1=CC1=NC(=CC3=C(C)C4=C(O)CC(=C5NC(=C2)[C@@H](C)[C@@H]5CCC(=O)N(CCC(=O)O)CCC(=O)O)C4=N3)C(CC)=C1C. The van der Waals surface area contributed by atoms with E-state index in [0.717, 1.165) is 91.8 Å². The number of hydrogen-bond donors (Lipinski definition) is 4. The summed E-state index contributed by atoms with van der Waals surface area (Å²) in [6.45, 7) is 15.0. The number of aliphatic hydroxyl groups excluding tert-OH is 1. The van der Waals surface area contributed by atoms with E-state index in [1.165, 1.54) is 4.90 Å². The van der Waals surface area contributed by atoms with Gasteiger partial charge in [-0.05, 0) is 87.5 Å². The van der Waals surface area contributed by atoms with Crippen LogP contribution in [-0.2, 0) is 19.1 Å². The van der Waals surface area contributed by atoms with Crippen molar-refractivity contribution in [1.82, 2.24) is 10.2 Å². The highest BCUT2D eigenvalue weighted by atomic mass is 16.5. The van der Waals surface area contributed by atoms with Gasteiger partial charge in [0.25, 0.3) is 0 Å². The smallest absolute Gasteiger partial charge is 0.305 e. The molecule has 5 aliphatic heterocycles.